The van der Waals surface area contributed by atoms with Crippen LogP contribution < -0.4 is 5.73 Å². The van der Waals surface area contributed by atoms with Crippen LogP contribution in [0.2, 0.25) is 0 Å². The third kappa shape index (κ3) is 4.14. The maximum absolute atomic E-state index is 6.11. The smallest absolute Gasteiger partial charge is 0.0798 e. The first-order chi connectivity index (χ1) is 7.25. The molecule has 0 aromatic carbocycles. The Hall–Kier alpha value is -0.670. The Morgan fingerprint density at radius 3 is 2.93 bits per heavy atom. The summed E-state index contributed by atoms with van der Waals surface area (Å²) in [4.78, 5) is 5.47. The largest absolute Gasteiger partial charge is 0.323 e. The minimum atomic E-state index is 0.182. The van der Waals surface area contributed by atoms with Gasteiger partial charge in [0.25, 0.3) is 0 Å². The first kappa shape index (κ1) is 12.4. The van der Waals surface area contributed by atoms with Gasteiger partial charge in [-0.25, -0.2) is 4.98 Å². The predicted molar refractivity (Wildman–Crippen MR) is 67.1 cm³/mol. The van der Waals surface area contributed by atoms with E-state index in [4.69, 9.17) is 5.73 Å². The number of nitrogens with two attached hydrogens (primary N) is 1. The highest BCUT2D eigenvalue weighted by molar-refractivity contribution is 7.09. The number of hydrogen-bond donors (Lipinski definition) is 1. The number of thiazole rings is 1. The third-order valence-corrected chi connectivity index (χ3v) is 3.61. The van der Waals surface area contributed by atoms with Gasteiger partial charge >= 0.3 is 0 Å². The molecule has 1 heterocycles. The van der Waals surface area contributed by atoms with Crippen molar-refractivity contribution in [3.05, 3.63) is 28.7 Å². The topological polar surface area (TPSA) is 38.9 Å². The molecule has 2 nitrogen and oxygen atoms in total. The average molecular weight is 224 g/mol. The Morgan fingerprint density at radius 1 is 1.53 bits per heavy atom. The van der Waals surface area contributed by atoms with Gasteiger partial charge in [-0.1, -0.05) is 18.9 Å². The monoisotopic (exact) mass is 224 g/mol. The van der Waals surface area contributed by atoms with Gasteiger partial charge in [0.05, 0.1) is 11.2 Å². The van der Waals surface area contributed by atoms with Gasteiger partial charge in [-0.05, 0) is 26.2 Å². The van der Waals surface area contributed by atoms with Crippen molar-refractivity contribution in [2.75, 3.05) is 0 Å². The average Bonchev–Trinajstić information content (AvgIpc) is 2.64. The van der Waals surface area contributed by atoms with Crippen molar-refractivity contribution in [2.45, 2.75) is 45.1 Å². The van der Waals surface area contributed by atoms with E-state index >= 15 is 0 Å². The summed E-state index contributed by atoms with van der Waals surface area (Å²) in [6.07, 6.45) is 7.85. The zero-order valence-electron chi connectivity index (χ0n) is 9.41. The van der Waals surface area contributed by atoms with E-state index in [1.54, 1.807) is 11.3 Å². The second-order valence-electron chi connectivity index (χ2n) is 3.84. The van der Waals surface area contributed by atoms with Crippen LogP contribution in [0.4, 0.5) is 0 Å². The van der Waals surface area contributed by atoms with E-state index in [2.05, 4.69) is 11.6 Å². The first-order valence-corrected chi connectivity index (χ1v) is 6.40. The minimum Gasteiger partial charge on any atom is -0.323 e. The molecule has 2 N–H and O–H groups in total. The van der Waals surface area contributed by atoms with Crippen molar-refractivity contribution in [3.8, 4) is 0 Å². The summed E-state index contributed by atoms with van der Waals surface area (Å²) in [5, 5.41) is 0. The Kier molecular flexibility index (Phi) is 5.58. The minimum absolute atomic E-state index is 0.182. The highest BCUT2D eigenvalue weighted by Gasteiger charge is 2.10. The van der Waals surface area contributed by atoms with Gasteiger partial charge in [0.15, 0.2) is 0 Å². The lowest BCUT2D eigenvalue weighted by atomic mass is 10.1. The van der Waals surface area contributed by atoms with Gasteiger partial charge in [0, 0.05) is 10.9 Å². The Bertz CT molecular complexity index is 294. The summed E-state index contributed by atoms with van der Waals surface area (Å²) in [6.45, 7) is 5.75. The van der Waals surface area contributed by atoms with E-state index in [-0.39, 0.29) is 6.04 Å². The molecular formula is C12H20N2S. The molecule has 15 heavy (non-hydrogen) atoms. The zero-order chi connectivity index (χ0) is 11.1. The van der Waals surface area contributed by atoms with Gasteiger partial charge in [-0.15, -0.1) is 17.9 Å². The fourth-order valence-electron chi connectivity index (χ4n) is 1.63. The van der Waals surface area contributed by atoms with E-state index < -0.39 is 0 Å². The normalized spacial score (nSPS) is 12.7. The second kappa shape index (κ2) is 6.75. The van der Waals surface area contributed by atoms with Crippen molar-refractivity contribution in [3.63, 3.8) is 0 Å². The van der Waals surface area contributed by atoms with Crippen molar-refractivity contribution >= 4 is 11.3 Å². The van der Waals surface area contributed by atoms with Crippen molar-refractivity contribution < 1.29 is 0 Å². The predicted octanol–water partition coefficient (Wildman–Crippen LogP) is 3.59. The number of allylic oxidation sites excluding steroid dienone is 1. The van der Waals surface area contributed by atoms with Crippen LogP contribution in [-0.2, 0) is 0 Å². The van der Waals surface area contributed by atoms with Crippen LogP contribution in [0, 0.1) is 6.92 Å². The number of unbranched alkanes of at least 4 members (excludes halogenated alkanes) is 3. The standard InChI is InChI=1S/C12H20N2S/c1-3-4-5-6-7-8-11(13)12-10(2)14-9-15-12/h3,9,11H,1,4-8,13H2,2H3. The Morgan fingerprint density at radius 2 is 2.33 bits per heavy atom. The number of aryl methyl sites for hydroxylation is 1. The molecule has 1 rings (SSSR count). The molecule has 84 valence electrons. The third-order valence-electron chi connectivity index (χ3n) is 2.54. The van der Waals surface area contributed by atoms with E-state index in [0.29, 0.717) is 0 Å². The van der Waals surface area contributed by atoms with Crippen LogP contribution in [0.5, 0.6) is 0 Å². The van der Waals surface area contributed by atoms with Crippen molar-refractivity contribution in [2.24, 2.45) is 5.73 Å². The molecule has 0 spiro atoms. The molecular weight excluding hydrogens is 204 g/mol. The van der Waals surface area contributed by atoms with E-state index in [1.807, 2.05) is 18.5 Å². The second-order valence-corrected chi connectivity index (χ2v) is 4.72. The first-order valence-electron chi connectivity index (χ1n) is 5.52. The number of rotatable bonds is 7. The van der Waals surface area contributed by atoms with Crippen molar-refractivity contribution in [1.29, 1.82) is 0 Å². The van der Waals surface area contributed by atoms with E-state index in [9.17, 15) is 0 Å². The summed E-state index contributed by atoms with van der Waals surface area (Å²) in [5.41, 5.74) is 9.08. The summed E-state index contributed by atoms with van der Waals surface area (Å²) >= 11 is 1.67. The highest BCUT2D eigenvalue weighted by Crippen LogP contribution is 2.24. The molecule has 0 amide bonds. The van der Waals surface area contributed by atoms with Gasteiger partial charge < -0.3 is 5.73 Å². The van der Waals surface area contributed by atoms with Crippen molar-refractivity contribution in [1.82, 2.24) is 4.98 Å². The summed E-state index contributed by atoms with van der Waals surface area (Å²) in [6, 6.07) is 0.182. The lowest BCUT2D eigenvalue weighted by Gasteiger charge is -2.09. The SMILES string of the molecule is C=CCCCCCC(N)c1scnc1C. The maximum atomic E-state index is 6.11. The van der Waals surface area contributed by atoms with Crippen LogP contribution in [-0.4, -0.2) is 4.98 Å². The van der Waals surface area contributed by atoms with Crippen LogP contribution in [0.25, 0.3) is 0 Å². The number of aromatic nitrogens is 1. The van der Waals surface area contributed by atoms with Gasteiger partial charge in [-0.2, -0.15) is 0 Å². The lowest BCUT2D eigenvalue weighted by molar-refractivity contribution is 0.575. The Labute approximate surface area is 96.2 Å². The van der Waals surface area contributed by atoms with E-state index in [1.165, 1.54) is 24.1 Å². The van der Waals surface area contributed by atoms with Crippen LogP contribution in [0.1, 0.15) is 48.7 Å². The lowest BCUT2D eigenvalue weighted by Crippen LogP contribution is -2.09. The molecule has 0 aliphatic carbocycles. The molecule has 1 aromatic heterocycles. The van der Waals surface area contributed by atoms with Crippen LogP contribution in [0.3, 0.4) is 0 Å². The molecule has 1 unspecified atom stereocenters. The van der Waals surface area contributed by atoms with Gasteiger partial charge in [0.1, 0.15) is 0 Å². The molecule has 0 aliphatic rings. The van der Waals surface area contributed by atoms with Gasteiger partial charge in [-0.3, -0.25) is 0 Å². The molecule has 3 heteroatoms. The summed E-state index contributed by atoms with van der Waals surface area (Å²) in [5.74, 6) is 0. The Balaban J connectivity index is 2.22. The fourth-order valence-corrected chi connectivity index (χ4v) is 2.47. The summed E-state index contributed by atoms with van der Waals surface area (Å²) in [7, 11) is 0. The molecule has 0 fully saturated rings. The molecule has 0 saturated heterocycles. The van der Waals surface area contributed by atoms with E-state index in [0.717, 1.165) is 18.5 Å². The maximum Gasteiger partial charge on any atom is 0.0798 e. The molecule has 1 atom stereocenters. The fraction of sp³-hybridized carbons (Fsp3) is 0.583. The highest BCUT2D eigenvalue weighted by atomic mass is 32.1. The molecule has 0 aliphatic heterocycles. The number of nitrogens with zero attached hydrogens (tertiary/aromatic N) is 1. The van der Waals surface area contributed by atoms with Crippen LogP contribution >= 0.6 is 11.3 Å². The zero-order valence-corrected chi connectivity index (χ0v) is 10.2. The molecule has 1 aromatic rings. The molecule has 0 radical (unpaired) electrons. The van der Waals surface area contributed by atoms with Gasteiger partial charge in [0.2, 0.25) is 0 Å². The number of hydrogen-bond acceptors (Lipinski definition) is 3. The molecule has 0 bridgehead atoms. The summed E-state index contributed by atoms with van der Waals surface area (Å²) < 4.78 is 0. The van der Waals surface area contributed by atoms with Crippen LogP contribution in [0.15, 0.2) is 18.2 Å². The quantitative estimate of drug-likeness (QED) is 0.568. The molecule has 0 saturated carbocycles.